The number of nitrogens with zero attached hydrogens (tertiary/aromatic N) is 1. The molecule has 3 rings (SSSR count). The Balaban J connectivity index is 1.49. The van der Waals surface area contributed by atoms with Gasteiger partial charge >= 0.3 is 0 Å². The van der Waals surface area contributed by atoms with E-state index in [0.29, 0.717) is 33.9 Å². The van der Waals surface area contributed by atoms with E-state index >= 15 is 0 Å². The summed E-state index contributed by atoms with van der Waals surface area (Å²) in [6, 6.07) is 22.1. The molecule has 0 radical (unpaired) electrons. The molecule has 0 bridgehead atoms. The number of nitrogens with one attached hydrogen (secondary N) is 3. The highest BCUT2D eigenvalue weighted by molar-refractivity contribution is 7.80. The van der Waals surface area contributed by atoms with Crippen LogP contribution in [0.1, 0.15) is 11.1 Å². The van der Waals surface area contributed by atoms with Gasteiger partial charge in [-0.3, -0.25) is 10.2 Å². The maximum atomic E-state index is 12.2. The largest absolute Gasteiger partial charge is 0.493 e. The van der Waals surface area contributed by atoms with Crippen molar-refractivity contribution in [3.8, 4) is 11.5 Å². The Bertz CT molecular complexity index is 1130. The van der Waals surface area contributed by atoms with Crippen LogP contribution in [0, 0.1) is 0 Å². The van der Waals surface area contributed by atoms with Gasteiger partial charge in [-0.05, 0) is 53.7 Å². The molecule has 0 aliphatic heterocycles. The zero-order valence-corrected chi connectivity index (χ0v) is 19.5. The van der Waals surface area contributed by atoms with Crippen molar-refractivity contribution in [2.45, 2.75) is 6.54 Å². The molecule has 0 unspecified atom stereocenters. The Morgan fingerprint density at radius 2 is 1.82 bits per heavy atom. The SMILES string of the molecule is COc1cc(/C=N/NC(=S)NCc2ccccc2)ccc1OCC(=O)Nc1ccccc1Cl. The Morgan fingerprint density at radius 3 is 2.58 bits per heavy atom. The smallest absolute Gasteiger partial charge is 0.262 e. The van der Waals surface area contributed by atoms with E-state index in [0.717, 1.165) is 11.1 Å². The number of para-hydroxylation sites is 1. The van der Waals surface area contributed by atoms with E-state index in [2.05, 4.69) is 21.2 Å². The summed E-state index contributed by atoms with van der Waals surface area (Å²) in [6.07, 6.45) is 1.60. The lowest BCUT2D eigenvalue weighted by molar-refractivity contribution is -0.118. The molecular weight excluding hydrogens is 460 g/mol. The third-order valence-electron chi connectivity index (χ3n) is 4.37. The van der Waals surface area contributed by atoms with Crippen molar-refractivity contribution in [1.82, 2.24) is 10.7 Å². The van der Waals surface area contributed by atoms with Crippen LogP contribution in [0.15, 0.2) is 77.9 Å². The van der Waals surface area contributed by atoms with Crippen LogP contribution in [0.25, 0.3) is 0 Å². The number of benzene rings is 3. The molecule has 3 aromatic rings. The number of hydrogen-bond acceptors (Lipinski definition) is 5. The minimum Gasteiger partial charge on any atom is -0.493 e. The monoisotopic (exact) mass is 482 g/mol. The summed E-state index contributed by atoms with van der Waals surface area (Å²) in [7, 11) is 1.52. The minimum atomic E-state index is -0.337. The summed E-state index contributed by atoms with van der Waals surface area (Å²) >= 11 is 11.3. The summed E-state index contributed by atoms with van der Waals surface area (Å²) in [5, 5.41) is 10.8. The first-order chi connectivity index (χ1) is 16.0. The van der Waals surface area contributed by atoms with Gasteiger partial charge in [-0.25, -0.2) is 0 Å². The summed E-state index contributed by atoms with van der Waals surface area (Å²) in [6.45, 7) is 0.407. The van der Waals surface area contributed by atoms with E-state index in [1.807, 2.05) is 30.3 Å². The van der Waals surface area contributed by atoms with Crippen molar-refractivity contribution >= 4 is 46.7 Å². The predicted octanol–water partition coefficient (Wildman–Crippen LogP) is 4.36. The van der Waals surface area contributed by atoms with Crippen molar-refractivity contribution in [3.05, 3.63) is 88.9 Å². The van der Waals surface area contributed by atoms with Gasteiger partial charge in [0, 0.05) is 6.54 Å². The maximum absolute atomic E-state index is 12.2. The first-order valence-corrected chi connectivity index (χ1v) is 10.8. The van der Waals surface area contributed by atoms with E-state index < -0.39 is 0 Å². The molecule has 7 nitrogen and oxygen atoms in total. The number of amides is 1. The average Bonchev–Trinajstić information content (AvgIpc) is 2.84. The molecule has 3 aromatic carbocycles. The molecule has 0 aliphatic rings. The number of carbonyl (C=O) groups excluding carboxylic acids is 1. The van der Waals surface area contributed by atoms with Gasteiger partial charge in [-0.15, -0.1) is 0 Å². The summed E-state index contributed by atoms with van der Waals surface area (Å²) in [5.74, 6) is 0.558. The van der Waals surface area contributed by atoms with Crippen molar-refractivity contribution in [1.29, 1.82) is 0 Å². The van der Waals surface area contributed by atoms with E-state index in [4.69, 9.17) is 33.3 Å². The van der Waals surface area contributed by atoms with Gasteiger partial charge in [0.25, 0.3) is 5.91 Å². The number of rotatable bonds is 9. The highest BCUT2D eigenvalue weighted by Crippen LogP contribution is 2.27. The first-order valence-electron chi connectivity index (χ1n) is 10.0. The Labute approximate surface area is 202 Å². The lowest BCUT2D eigenvalue weighted by Crippen LogP contribution is -2.31. The summed E-state index contributed by atoms with van der Waals surface area (Å²) in [4.78, 5) is 12.2. The lowest BCUT2D eigenvalue weighted by atomic mass is 10.2. The zero-order chi connectivity index (χ0) is 23.5. The quantitative estimate of drug-likeness (QED) is 0.239. The molecular formula is C24H23ClN4O3S. The van der Waals surface area contributed by atoms with E-state index in [1.165, 1.54) is 7.11 Å². The van der Waals surface area contributed by atoms with Crippen molar-refractivity contribution in [2.75, 3.05) is 19.0 Å². The fourth-order valence-corrected chi connectivity index (χ4v) is 3.07. The van der Waals surface area contributed by atoms with Crippen LogP contribution in [-0.4, -0.2) is 31.0 Å². The van der Waals surface area contributed by atoms with Crippen LogP contribution in [0.3, 0.4) is 0 Å². The number of anilines is 1. The predicted molar refractivity (Wildman–Crippen MR) is 135 cm³/mol. The molecule has 0 spiro atoms. The molecule has 0 atom stereocenters. The number of ether oxygens (including phenoxy) is 2. The van der Waals surface area contributed by atoms with Crippen molar-refractivity contribution in [2.24, 2.45) is 5.10 Å². The van der Waals surface area contributed by atoms with Crippen LogP contribution >= 0.6 is 23.8 Å². The molecule has 0 saturated heterocycles. The number of halogens is 1. The summed E-state index contributed by atoms with van der Waals surface area (Å²) in [5.41, 5.74) is 5.18. The molecule has 0 aliphatic carbocycles. The number of methoxy groups -OCH3 is 1. The van der Waals surface area contributed by atoms with Gasteiger partial charge in [0.05, 0.1) is 24.0 Å². The standard InChI is InChI=1S/C24H23ClN4O3S/c1-31-22-13-18(15-27-29-24(33)26-14-17-7-3-2-4-8-17)11-12-21(22)32-16-23(30)28-20-10-6-5-9-19(20)25/h2-13,15H,14,16H2,1H3,(H,28,30)(H2,26,29,33)/b27-15+. The third kappa shape index (κ3) is 7.78. The minimum absolute atomic E-state index is 0.196. The average molecular weight is 483 g/mol. The Morgan fingerprint density at radius 1 is 1.06 bits per heavy atom. The van der Waals surface area contributed by atoms with Crippen LogP contribution in [-0.2, 0) is 11.3 Å². The second-order valence-electron chi connectivity index (χ2n) is 6.77. The zero-order valence-electron chi connectivity index (χ0n) is 17.9. The molecule has 33 heavy (non-hydrogen) atoms. The third-order valence-corrected chi connectivity index (χ3v) is 4.94. The van der Waals surface area contributed by atoms with Crippen LogP contribution in [0.5, 0.6) is 11.5 Å². The normalized spacial score (nSPS) is 10.5. The van der Waals surface area contributed by atoms with Gasteiger partial charge in [0.2, 0.25) is 0 Å². The summed E-state index contributed by atoms with van der Waals surface area (Å²) < 4.78 is 11.0. The molecule has 0 saturated carbocycles. The first kappa shape index (κ1) is 24.0. The number of hydrazone groups is 1. The lowest BCUT2D eigenvalue weighted by Gasteiger charge is -2.12. The molecule has 0 heterocycles. The van der Waals surface area contributed by atoms with E-state index in [-0.39, 0.29) is 12.5 Å². The fourth-order valence-electron chi connectivity index (χ4n) is 2.76. The van der Waals surface area contributed by atoms with Crippen LogP contribution < -0.4 is 25.5 Å². The Kier molecular flexibility index (Phi) is 9.05. The molecule has 170 valence electrons. The van der Waals surface area contributed by atoms with Crippen molar-refractivity contribution in [3.63, 3.8) is 0 Å². The second-order valence-corrected chi connectivity index (χ2v) is 7.58. The van der Waals surface area contributed by atoms with Crippen LogP contribution in [0.2, 0.25) is 5.02 Å². The number of hydrogen-bond donors (Lipinski definition) is 3. The topological polar surface area (TPSA) is 84.0 Å². The van der Waals surface area contributed by atoms with Gasteiger partial charge < -0.3 is 20.1 Å². The van der Waals surface area contributed by atoms with Gasteiger partial charge in [0.1, 0.15) is 0 Å². The second kappa shape index (κ2) is 12.4. The number of thiocarbonyl (C=S) groups is 1. The molecule has 0 fully saturated rings. The van der Waals surface area contributed by atoms with Crippen molar-refractivity contribution < 1.29 is 14.3 Å². The molecule has 3 N–H and O–H groups in total. The highest BCUT2D eigenvalue weighted by atomic mass is 35.5. The fraction of sp³-hybridized carbons (Fsp3) is 0.125. The highest BCUT2D eigenvalue weighted by Gasteiger charge is 2.10. The Hall–Kier alpha value is -3.62. The molecule has 0 aromatic heterocycles. The van der Waals surface area contributed by atoms with Gasteiger partial charge in [-0.1, -0.05) is 54.1 Å². The van der Waals surface area contributed by atoms with Crippen LogP contribution in [0.4, 0.5) is 5.69 Å². The van der Waals surface area contributed by atoms with E-state index in [9.17, 15) is 4.79 Å². The van der Waals surface area contributed by atoms with Gasteiger partial charge in [-0.2, -0.15) is 5.10 Å². The maximum Gasteiger partial charge on any atom is 0.262 e. The molecule has 1 amide bonds. The molecule has 9 heteroatoms. The van der Waals surface area contributed by atoms with Gasteiger partial charge in [0.15, 0.2) is 23.2 Å². The van der Waals surface area contributed by atoms with E-state index in [1.54, 1.807) is 48.7 Å². The number of carbonyl (C=O) groups is 1.